The Hall–Kier alpha value is -1.50. The number of carboxylic acid groups (broad SMARTS) is 1. The Bertz CT molecular complexity index is 180. The van der Waals surface area contributed by atoms with Crippen molar-refractivity contribution in [1.29, 1.82) is 0 Å². The van der Waals surface area contributed by atoms with Crippen molar-refractivity contribution in [3.8, 4) is 12.3 Å². The summed E-state index contributed by atoms with van der Waals surface area (Å²) in [6, 6.07) is 0. The minimum absolute atomic E-state index is 0.0583. The molecule has 0 bridgehead atoms. The van der Waals surface area contributed by atoms with Gasteiger partial charge in [-0.15, -0.1) is 12.3 Å². The highest BCUT2D eigenvalue weighted by Gasteiger charge is 2.02. The van der Waals surface area contributed by atoms with Gasteiger partial charge in [-0.3, -0.25) is 10.1 Å². The fourth-order valence-corrected chi connectivity index (χ4v) is 0.367. The van der Waals surface area contributed by atoms with Gasteiger partial charge in [0.05, 0.1) is 0 Å². The summed E-state index contributed by atoms with van der Waals surface area (Å²) in [7, 11) is 0. The van der Waals surface area contributed by atoms with E-state index in [0.717, 1.165) is 0 Å². The lowest BCUT2D eigenvalue weighted by atomic mass is 10.3. The molecule has 4 heteroatoms. The molecule has 0 radical (unpaired) electrons. The van der Waals surface area contributed by atoms with E-state index < -0.39 is 12.0 Å². The van der Waals surface area contributed by atoms with Crippen molar-refractivity contribution in [1.82, 2.24) is 5.32 Å². The average molecular weight is 141 g/mol. The molecule has 2 N–H and O–H groups in total. The van der Waals surface area contributed by atoms with E-state index in [1.807, 2.05) is 0 Å². The topological polar surface area (TPSA) is 66.4 Å². The molecule has 0 aliphatic carbocycles. The van der Waals surface area contributed by atoms with Crippen LogP contribution in [-0.2, 0) is 4.79 Å². The van der Waals surface area contributed by atoms with Gasteiger partial charge in [-0.25, -0.2) is 4.79 Å². The maximum Gasteiger partial charge on any atom is 0.411 e. The van der Waals surface area contributed by atoms with Crippen LogP contribution in [0.25, 0.3) is 0 Å². The van der Waals surface area contributed by atoms with Crippen LogP contribution in [0.3, 0.4) is 0 Å². The van der Waals surface area contributed by atoms with Crippen molar-refractivity contribution in [2.24, 2.45) is 0 Å². The summed E-state index contributed by atoms with van der Waals surface area (Å²) in [5.74, 6) is 1.65. The smallest absolute Gasteiger partial charge is 0.411 e. The Balaban J connectivity index is 3.47. The summed E-state index contributed by atoms with van der Waals surface area (Å²) in [4.78, 5) is 20.2. The van der Waals surface area contributed by atoms with Crippen molar-refractivity contribution in [2.45, 2.75) is 12.8 Å². The van der Waals surface area contributed by atoms with Gasteiger partial charge >= 0.3 is 6.09 Å². The number of hydrogen-bond acceptors (Lipinski definition) is 2. The first-order chi connectivity index (χ1) is 4.66. The molecule has 0 atom stereocenters. The summed E-state index contributed by atoms with van der Waals surface area (Å²) in [5.41, 5.74) is 0. The first-order valence-corrected chi connectivity index (χ1v) is 2.63. The van der Waals surface area contributed by atoms with E-state index in [1.165, 1.54) is 0 Å². The summed E-state index contributed by atoms with van der Waals surface area (Å²) >= 11 is 0. The number of nitrogens with one attached hydrogen (secondary N) is 1. The van der Waals surface area contributed by atoms with Gasteiger partial charge < -0.3 is 5.11 Å². The number of carbonyl (C=O) groups is 2. The number of carbonyl (C=O) groups excluding carboxylic acids is 1. The molecule has 0 saturated heterocycles. The molecule has 0 aromatic heterocycles. The zero-order valence-electron chi connectivity index (χ0n) is 5.26. The zero-order chi connectivity index (χ0) is 7.98. The standard InChI is InChI=1S/C6H7NO3/c1-2-3-4-5(8)7-6(9)10/h1H,3-4H2,(H,7,8)(H,9,10). The largest absolute Gasteiger partial charge is 0.465 e. The molecule has 0 aliphatic heterocycles. The lowest BCUT2D eigenvalue weighted by Gasteiger charge is -1.94. The predicted octanol–water partition coefficient (Wildman–Crippen LogP) is 0.194. The molecule has 0 saturated carbocycles. The van der Waals surface area contributed by atoms with Gasteiger partial charge in [0.2, 0.25) is 5.91 Å². The molecule has 0 unspecified atom stereocenters. The van der Waals surface area contributed by atoms with Gasteiger partial charge in [0.25, 0.3) is 0 Å². The Morgan fingerprint density at radius 3 is 2.60 bits per heavy atom. The van der Waals surface area contributed by atoms with Crippen LogP contribution in [0.4, 0.5) is 4.79 Å². The summed E-state index contributed by atoms with van der Waals surface area (Å²) in [6.07, 6.45) is 3.81. The summed E-state index contributed by atoms with van der Waals surface area (Å²) in [6.45, 7) is 0. The highest BCUT2D eigenvalue weighted by molar-refractivity contribution is 5.90. The second kappa shape index (κ2) is 4.39. The number of imide groups is 1. The molecular weight excluding hydrogens is 134 g/mol. The molecule has 0 heterocycles. The molecule has 0 spiro atoms. The molecule has 0 aromatic rings. The first kappa shape index (κ1) is 8.50. The van der Waals surface area contributed by atoms with Crippen molar-refractivity contribution >= 4 is 12.0 Å². The van der Waals surface area contributed by atoms with Crippen molar-refractivity contribution in [3.63, 3.8) is 0 Å². The molecule has 10 heavy (non-hydrogen) atoms. The molecule has 0 fully saturated rings. The molecule has 2 amide bonds. The zero-order valence-corrected chi connectivity index (χ0v) is 5.26. The second-order valence-corrected chi connectivity index (χ2v) is 1.56. The lowest BCUT2D eigenvalue weighted by Crippen LogP contribution is -2.28. The summed E-state index contributed by atoms with van der Waals surface area (Å²) in [5, 5.41) is 9.66. The fourth-order valence-electron chi connectivity index (χ4n) is 0.367. The Kier molecular flexibility index (Phi) is 3.73. The molecule has 0 aliphatic rings. The number of terminal acetylenes is 1. The van der Waals surface area contributed by atoms with E-state index in [0.29, 0.717) is 0 Å². The summed E-state index contributed by atoms with van der Waals surface area (Å²) < 4.78 is 0. The minimum atomic E-state index is -1.35. The van der Waals surface area contributed by atoms with Crippen LogP contribution in [0, 0.1) is 12.3 Å². The van der Waals surface area contributed by atoms with Crippen LogP contribution in [0.5, 0.6) is 0 Å². The van der Waals surface area contributed by atoms with Crippen LogP contribution in [0.15, 0.2) is 0 Å². The number of hydrogen-bond donors (Lipinski definition) is 2. The van der Waals surface area contributed by atoms with Crippen LogP contribution < -0.4 is 5.32 Å². The van der Waals surface area contributed by atoms with E-state index in [4.69, 9.17) is 11.5 Å². The fraction of sp³-hybridized carbons (Fsp3) is 0.333. The molecule has 54 valence electrons. The van der Waals surface area contributed by atoms with Crippen LogP contribution >= 0.6 is 0 Å². The van der Waals surface area contributed by atoms with Gasteiger partial charge in [-0.2, -0.15) is 0 Å². The van der Waals surface area contributed by atoms with Crippen LogP contribution in [0.1, 0.15) is 12.8 Å². The normalized spacial score (nSPS) is 7.90. The average Bonchev–Trinajstić information content (AvgIpc) is 1.82. The van der Waals surface area contributed by atoms with Crippen LogP contribution in [-0.4, -0.2) is 17.1 Å². The van der Waals surface area contributed by atoms with Gasteiger partial charge in [-0.1, -0.05) is 0 Å². The highest BCUT2D eigenvalue weighted by Crippen LogP contribution is 1.84. The maximum atomic E-state index is 10.4. The van der Waals surface area contributed by atoms with E-state index in [9.17, 15) is 9.59 Å². The van der Waals surface area contributed by atoms with Crippen LogP contribution in [0.2, 0.25) is 0 Å². The third-order valence-electron chi connectivity index (χ3n) is 0.743. The molecular formula is C6H7NO3. The lowest BCUT2D eigenvalue weighted by molar-refractivity contribution is -0.120. The monoisotopic (exact) mass is 141 g/mol. The molecule has 0 aromatic carbocycles. The third-order valence-corrected chi connectivity index (χ3v) is 0.743. The molecule has 0 rings (SSSR count). The van der Waals surface area contributed by atoms with Gasteiger partial charge in [-0.05, 0) is 0 Å². The highest BCUT2D eigenvalue weighted by atomic mass is 16.4. The quantitative estimate of drug-likeness (QED) is 0.539. The number of rotatable bonds is 2. The Morgan fingerprint density at radius 1 is 1.60 bits per heavy atom. The second-order valence-electron chi connectivity index (χ2n) is 1.56. The van der Waals surface area contributed by atoms with E-state index in [-0.39, 0.29) is 12.8 Å². The van der Waals surface area contributed by atoms with Crippen molar-refractivity contribution < 1.29 is 14.7 Å². The van der Waals surface area contributed by atoms with E-state index >= 15 is 0 Å². The Morgan fingerprint density at radius 2 is 2.20 bits per heavy atom. The minimum Gasteiger partial charge on any atom is -0.465 e. The van der Waals surface area contributed by atoms with Gasteiger partial charge in [0.15, 0.2) is 0 Å². The third kappa shape index (κ3) is 4.65. The van der Waals surface area contributed by atoms with Crippen molar-refractivity contribution in [3.05, 3.63) is 0 Å². The first-order valence-electron chi connectivity index (χ1n) is 2.63. The SMILES string of the molecule is C#CCCC(=O)NC(=O)O. The van der Waals surface area contributed by atoms with E-state index in [1.54, 1.807) is 5.32 Å². The maximum absolute atomic E-state index is 10.4. The number of amides is 2. The predicted molar refractivity (Wildman–Crippen MR) is 34.2 cm³/mol. The van der Waals surface area contributed by atoms with Gasteiger partial charge in [0, 0.05) is 12.8 Å². The molecule has 4 nitrogen and oxygen atoms in total. The van der Waals surface area contributed by atoms with E-state index in [2.05, 4.69) is 5.92 Å². The Labute approximate surface area is 58.2 Å². The van der Waals surface area contributed by atoms with Crippen molar-refractivity contribution in [2.75, 3.05) is 0 Å². The van der Waals surface area contributed by atoms with Gasteiger partial charge in [0.1, 0.15) is 0 Å².